The van der Waals surface area contributed by atoms with E-state index in [0.29, 0.717) is 13.0 Å². The molecule has 2 fully saturated rings. The van der Waals surface area contributed by atoms with Crippen LogP contribution in [0.5, 0.6) is 0 Å². The van der Waals surface area contributed by atoms with Gasteiger partial charge in [0.1, 0.15) is 0 Å². The maximum atomic E-state index is 12.4. The number of nitrogens with two attached hydrogens (primary N) is 1. The highest BCUT2D eigenvalue weighted by Gasteiger charge is 2.50. The third kappa shape index (κ3) is 3.38. The molecule has 1 aliphatic heterocycles. The summed E-state index contributed by atoms with van der Waals surface area (Å²) < 4.78 is 0. The maximum absolute atomic E-state index is 12.4. The normalized spacial score (nSPS) is 29.6. The second-order valence-electron chi connectivity index (χ2n) is 7.73. The Morgan fingerprint density at radius 3 is 2.56 bits per heavy atom. The number of hydrogen-bond acceptors (Lipinski definition) is 5. The van der Waals surface area contributed by atoms with Crippen LogP contribution in [0.1, 0.15) is 44.2 Å². The lowest BCUT2D eigenvalue weighted by atomic mass is 9.65. The van der Waals surface area contributed by atoms with E-state index in [2.05, 4.69) is 29.0 Å². The Kier molecular flexibility index (Phi) is 4.77. The van der Waals surface area contributed by atoms with Crippen LogP contribution in [0.15, 0.2) is 18.6 Å². The summed E-state index contributed by atoms with van der Waals surface area (Å²) in [6.45, 7) is 1.18. The van der Waals surface area contributed by atoms with Gasteiger partial charge in [-0.25, -0.2) is 0 Å². The van der Waals surface area contributed by atoms with E-state index in [1.165, 1.54) is 0 Å². The van der Waals surface area contributed by atoms with Crippen molar-refractivity contribution in [2.75, 3.05) is 27.2 Å². The number of amides is 2. The molecule has 2 N–H and O–H groups in total. The van der Waals surface area contributed by atoms with Gasteiger partial charge in [-0.1, -0.05) is 0 Å². The van der Waals surface area contributed by atoms with E-state index >= 15 is 0 Å². The molecule has 3 rings (SSSR count). The van der Waals surface area contributed by atoms with Crippen molar-refractivity contribution in [2.45, 2.75) is 44.1 Å². The molecule has 25 heavy (non-hydrogen) atoms. The van der Waals surface area contributed by atoms with Crippen molar-refractivity contribution in [3.63, 3.8) is 0 Å². The standard InChI is InChI=1S/C18H27N5O2/c1-22(2)18(14-12-20-8-9-21-14)6-4-17(5-7-18)11-16(25)23(13-17)10-3-15(19)24/h8-9,12H,3-7,10-11,13H2,1-2H3,(H2,19,24)/t17-,18-. The Balaban J connectivity index is 1.72. The van der Waals surface area contributed by atoms with Crippen molar-refractivity contribution in [1.82, 2.24) is 19.8 Å². The molecule has 1 spiro atoms. The van der Waals surface area contributed by atoms with Crippen molar-refractivity contribution in [3.05, 3.63) is 24.3 Å². The molecule has 2 aliphatic rings. The Bertz CT molecular complexity index is 638. The number of hydrogen-bond donors (Lipinski definition) is 1. The number of aromatic nitrogens is 2. The lowest BCUT2D eigenvalue weighted by Crippen LogP contribution is -2.48. The Hall–Kier alpha value is -2.02. The predicted octanol–water partition coefficient (Wildman–Crippen LogP) is 0.902. The van der Waals surface area contributed by atoms with Crippen molar-refractivity contribution in [1.29, 1.82) is 0 Å². The van der Waals surface area contributed by atoms with Crippen LogP contribution in [-0.2, 0) is 15.1 Å². The number of likely N-dealkylation sites (tertiary alicyclic amines) is 1. The molecule has 0 bridgehead atoms. The molecule has 136 valence electrons. The van der Waals surface area contributed by atoms with E-state index < -0.39 is 0 Å². The lowest BCUT2D eigenvalue weighted by molar-refractivity contribution is -0.128. The minimum Gasteiger partial charge on any atom is -0.370 e. The topological polar surface area (TPSA) is 92.4 Å². The number of primary amides is 1. The van der Waals surface area contributed by atoms with Crippen LogP contribution in [0.25, 0.3) is 0 Å². The molecule has 0 atom stereocenters. The van der Waals surface area contributed by atoms with Crippen molar-refractivity contribution in [3.8, 4) is 0 Å². The average molecular weight is 345 g/mol. The number of rotatable bonds is 5. The zero-order chi connectivity index (χ0) is 18.1. The summed E-state index contributed by atoms with van der Waals surface area (Å²) in [6, 6.07) is 0. The molecular formula is C18H27N5O2. The molecule has 1 aromatic heterocycles. The molecule has 2 amide bonds. The third-order valence-electron chi connectivity index (χ3n) is 6.07. The molecule has 0 aromatic carbocycles. The summed E-state index contributed by atoms with van der Waals surface area (Å²) in [4.78, 5) is 36.2. The molecule has 1 aliphatic carbocycles. The number of nitrogens with zero attached hydrogens (tertiary/aromatic N) is 4. The molecule has 2 heterocycles. The van der Waals surface area contributed by atoms with Crippen LogP contribution in [0, 0.1) is 5.41 Å². The Morgan fingerprint density at radius 1 is 1.28 bits per heavy atom. The van der Waals surface area contributed by atoms with Crippen LogP contribution in [0.3, 0.4) is 0 Å². The maximum Gasteiger partial charge on any atom is 0.223 e. The van der Waals surface area contributed by atoms with E-state index in [1.54, 1.807) is 12.4 Å². The first-order valence-corrected chi connectivity index (χ1v) is 8.87. The summed E-state index contributed by atoms with van der Waals surface area (Å²) in [5, 5.41) is 0. The summed E-state index contributed by atoms with van der Waals surface area (Å²) in [5.74, 6) is -0.204. The SMILES string of the molecule is CN(C)[C@]1(c2cnccn2)CC[C@@]2(CC1)CC(=O)N(CCC(N)=O)C2. The summed E-state index contributed by atoms with van der Waals surface area (Å²) in [5.41, 5.74) is 6.13. The van der Waals surface area contributed by atoms with E-state index in [0.717, 1.165) is 37.9 Å². The van der Waals surface area contributed by atoms with Crippen LogP contribution >= 0.6 is 0 Å². The van der Waals surface area contributed by atoms with Crippen molar-refractivity contribution >= 4 is 11.8 Å². The molecular weight excluding hydrogens is 318 g/mol. The van der Waals surface area contributed by atoms with Gasteiger partial charge in [-0.3, -0.25) is 24.5 Å². The fourth-order valence-corrected chi connectivity index (χ4v) is 4.43. The number of carbonyl (C=O) groups is 2. The first kappa shape index (κ1) is 17.8. The summed E-state index contributed by atoms with van der Waals surface area (Å²) in [6.07, 6.45) is 9.97. The second kappa shape index (κ2) is 6.71. The first-order valence-electron chi connectivity index (χ1n) is 8.87. The second-order valence-corrected chi connectivity index (χ2v) is 7.73. The monoisotopic (exact) mass is 345 g/mol. The molecule has 7 heteroatoms. The summed E-state index contributed by atoms with van der Waals surface area (Å²) in [7, 11) is 4.18. The van der Waals surface area contributed by atoms with Gasteiger partial charge >= 0.3 is 0 Å². The zero-order valence-corrected chi connectivity index (χ0v) is 15.1. The van der Waals surface area contributed by atoms with E-state index in [4.69, 9.17) is 5.73 Å². The highest BCUT2D eigenvalue weighted by molar-refractivity contribution is 5.80. The van der Waals surface area contributed by atoms with E-state index in [1.807, 2.05) is 11.1 Å². The predicted molar refractivity (Wildman–Crippen MR) is 93.3 cm³/mol. The van der Waals surface area contributed by atoms with Gasteiger partial charge in [0.2, 0.25) is 11.8 Å². The fraction of sp³-hybridized carbons (Fsp3) is 0.667. The smallest absolute Gasteiger partial charge is 0.223 e. The molecule has 7 nitrogen and oxygen atoms in total. The highest BCUT2D eigenvalue weighted by atomic mass is 16.2. The molecule has 0 radical (unpaired) electrons. The van der Waals surface area contributed by atoms with Crippen LogP contribution in [0.2, 0.25) is 0 Å². The van der Waals surface area contributed by atoms with Crippen LogP contribution in [-0.4, -0.2) is 58.8 Å². The summed E-state index contributed by atoms with van der Waals surface area (Å²) >= 11 is 0. The Morgan fingerprint density at radius 2 is 2.00 bits per heavy atom. The third-order valence-corrected chi connectivity index (χ3v) is 6.07. The van der Waals surface area contributed by atoms with Gasteiger partial charge in [0.05, 0.1) is 17.4 Å². The van der Waals surface area contributed by atoms with Crippen LogP contribution < -0.4 is 5.73 Å². The average Bonchev–Trinajstić information content (AvgIpc) is 2.90. The minimum atomic E-state index is -0.355. The van der Waals surface area contributed by atoms with E-state index in [9.17, 15) is 9.59 Å². The minimum absolute atomic E-state index is 0.0243. The van der Waals surface area contributed by atoms with Crippen molar-refractivity contribution < 1.29 is 9.59 Å². The first-order chi connectivity index (χ1) is 11.9. The van der Waals surface area contributed by atoms with Gasteiger partial charge in [-0.05, 0) is 45.2 Å². The van der Waals surface area contributed by atoms with Gasteiger partial charge in [-0.15, -0.1) is 0 Å². The van der Waals surface area contributed by atoms with Gasteiger partial charge in [0.15, 0.2) is 0 Å². The van der Waals surface area contributed by atoms with Crippen LogP contribution in [0.4, 0.5) is 0 Å². The highest BCUT2D eigenvalue weighted by Crippen LogP contribution is 2.51. The molecule has 1 saturated carbocycles. The lowest BCUT2D eigenvalue weighted by Gasteiger charge is -2.47. The van der Waals surface area contributed by atoms with Gasteiger partial charge in [-0.2, -0.15) is 0 Å². The molecule has 1 saturated heterocycles. The van der Waals surface area contributed by atoms with Gasteiger partial charge in [0, 0.05) is 38.3 Å². The van der Waals surface area contributed by atoms with Crippen molar-refractivity contribution in [2.24, 2.45) is 11.1 Å². The van der Waals surface area contributed by atoms with Gasteiger partial charge in [0.25, 0.3) is 0 Å². The Labute approximate surface area is 148 Å². The molecule has 0 unspecified atom stereocenters. The van der Waals surface area contributed by atoms with E-state index in [-0.39, 0.29) is 29.2 Å². The quantitative estimate of drug-likeness (QED) is 0.856. The van der Waals surface area contributed by atoms with Gasteiger partial charge < -0.3 is 10.6 Å². The fourth-order valence-electron chi connectivity index (χ4n) is 4.43. The number of carbonyl (C=O) groups excluding carboxylic acids is 2. The molecule has 1 aromatic rings. The zero-order valence-electron chi connectivity index (χ0n) is 15.1. The largest absolute Gasteiger partial charge is 0.370 e.